The minimum Gasteiger partial charge on any atom is -0.480 e. The zero-order valence-electron chi connectivity index (χ0n) is 11.0. The van der Waals surface area contributed by atoms with Gasteiger partial charge in [-0.3, -0.25) is 0 Å². The summed E-state index contributed by atoms with van der Waals surface area (Å²) in [5.41, 5.74) is 0. The van der Waals surface area contributed by atoms with Crippen LogP contribution in [0.3, 0.4) is 0 Å². The molecule has 2 fully saturated rings. The van der Waals surface area contributed by atoms with Gasteiger partial charge in [-0.1, -0.05) is 0 Å². The maximum atomic E-state index is 12.1. The van der Waals surface area contributed by atoms with Gasteiger partial charge in [-0.05, 0) is 12.8 Å². The van der Waals surface area contributed by atoms with E-state index < -0.39 is 12.0 Å². The highest BCUT2D eigenvalue weighted by atomic mass is 16.5. The minimum atomic E-state index is -0.991. The van der Waals surface area contributed by atoms with Gasteiger partial charge in [0.25, 0.3) is 0 Å². The lowest BCUT2D eigenvalue weighted by atomic mass is 10.1. The molecule has 0 bridgehead atoms. The number of carboxylic acids is 1. The summed E-state index contributed by atoms with van der Waals surface area (Å²) in [4.78, 5) is 24.6. The van der Waals surface area contributed by atoms with Crippen molar-refractivity contribution in [3.63, 3.8) is 0 Å². The van der Waals surface area contributed by atoms with Gasteiger partial charge in [-0.15, -0.1) is 0 Å². The van der Waals surface area contributed by atoms with Crippen LogP contribution in [0.2, 0.25) is 0 Å². The van der Waals surface area contributed by atoms with Gasteiger partial charge in [0.05, 0.1) is 18.8 Å². The van der Waals surface area contributed by atoms with E-state index in [1.165, 1.54) is 12.0 Å². The molecule has 2 aliphatic rings. The number of hydrogen-bond acceptors (Lipinski definition) is 4. The maximum Gasteiger partial charge on any atom is 0.326 e. The summed E-state index contributed by atoms with van der Waals surface area (Å²) < 4.78 is 10.4. The lowest BCUT2D eigenvalue weighted by molar-refractivity contribution is -0.141. The van der Waals surface area contributed by atoms with Crippen molar-refractivity contribution in [3.05, 3.63) is 0 Å². The van der Waals surface area contributed by atoms with Gasteiger partial charge in [-0.25, -0.2) is 9.59 Å². The topological polar surface area (TPSA) is 88.1 Å². The van der Waals surface area contributed by atoms with Crippen LogP contribution in [0.25, 0.3) is 0 Å². The molecule has 0 aliphatic carbocycles. The highest BCUT2D eigenvalue weighted by Crippen LogP contribution is 2.20. The number of amides is 2. The van der Waals surface area contributed by atoms with Crippen LogP contribution in [-0.2, 0) is 14.3 Å². The Morgan fingerprint density at radius 2 is 2.26 bits per heavy atom. The Hall–Kier alpha value is -1.34. The first-order valence-electron chi connectivity index (χ1n) is 6.52. The van der Waals surface area contributed by atoms with Crippen LogP contribution in [0.4, 0.5) is 4.79 Å². The number of carbonyl (C=O) groups excluding carboxylic acids is 1. The fraction of sp³-hybridized carbons (Fsp3) is 0.833. The SMILES string of the molecule is COC1CC(C(=O)O)N(C(=O)NC2CCCOC2)C1. The molecule has 2 N–H and O–H groups in total. The Labute approximate surface area is 111 Å². The first-order valence-corrected chi connectivity index (χ1v) is 6.52. The third kappa shape index (κ3) is 3.36. The highest BCUT2D eigenvalue weighted by Gasteiger charge is 2.40. The molecule has 0 spiro atoms. The average molecular weight is 272 g/mol. The fourth-order valence-corrected chi connectivity index (χ4v) is 2.54. The molecule has 19 heavy (non-hydrogen) atoms. The number of rotatable bonds is 3. The largest absolute Gasteiger partial charge is 0.480 e. The van der Waals surface area contributed by atoms with E-state index in [4.69, 9.17) is 14.6 Å². The number of aliphatic carboxylic acids is 1. The number of hydrogen-bond donors (Lipinski definition) is 2. The first-order chi connectivity index (χ1) is 9.11. The zero-order valence-corrected chi connectivity index (χ0v) is 11.0. The lowest BCUT2D eigenvalue weighted by Gasteiger charge is -2.27. The number of nitrogens with one attached hydrogen (secondary N) is 1. The van der Waals surface area contributed by atoms with Crippen LogP contribution in [0.5, 0.6) is 0 Å². The van der Waals surface area contributed by atoms with E-state index in [-0.39, 0.29) is 18.2 Å². The van der Waals surface area contributed by atoms with E-state index in [1.807, 2.05) is 0 Å². The van der Waals surface area contributed by atoms with Gasteiger partial charge in [0.2, 0.25) is 0 Å². The van der Waals surface area contributed by atoms with Gasteiger partial charge >= 0.3 is 12.0 Å². The predicted octanol–water partition coefficient (Wildman–Crippen LogP) is 0.0489. The third-order valence-corrected chi connectivity index (χ3v) is 3.63. The van der Waals surface area contributed by atoms with Crippen molar-refractivity contribution in [2.24, 2.45) is 0 Å². The van der Waals surface area contributed by atoms with E-state index in [0.29, 0.717) is 19.6 Å². The Morgan fingerprint density at radius 1 is 1.47 bits per heavy atom. The Balaban J connectivity index is 1.94. The molecule has 3 unspecified atom stereocenters. The van der Waals surface area contributed by atoms with Crippen molar-refractivity contribution in [1.29, 1.82) is 0 Å². The Bertz CT molecular complexity index is 343. The van der Waals surface area contributed by atoms with E-state index >= 15 is 0 Å². The second-order valence-corrected chi connectivity index (χ2v) is 4.96. The molecule has 0 radical (unpaired) electrons. The summed E-state index contributed by atoms with van der Waals surface area (Å²) in [5.74, 6) is -0.991. The fourth-order valence-electron chi connectivity index (χ4n) is 2.54. The van der Waals surface area contributed by atoms with Gasteiger partial charge in [-0.2, -0.15) is 0 Å². The van der Waals surface area contributed by atoms with Crippen molar-refractivity contribution in [2.45, 2.75) is 37.5 Å². The van der Waals surface area contributed by atoms with E-state index in [0.717, 1.165) is 19.4 Å². The molecule has 0 aromatic carbocycles. The zero-order chi connectivity index (χ0) is 13.8. The number of carbonyl (C=O) groups is 2. The number of ether oxygens (including phenoxy) is 2. The van der Waals surface area contributed by atoms with Crippen LogP contribution < -0.4 is 5.32 Å². The molecule has 0 saturated carbocycles. The van der Waals surface area contributed by atoms with Crippen LogP contribution in [0.15, 0.2) is 0 Å². The van der Waals surface area contributed by atoms with Crippen molar-refractivity contribution in [3.8, 4) is 0 Å². The van der Waals surface area contributed by atoms with Crippen molar-refractivity contribution in [1.82, 2.24) is 10.2 Å². The molecule has 2 rings (SSSR count). The van der Waals surface area contributed by atoms with Crippen LogP contribution >= 0.6 is 0 Å². The summed E-state index contributed by atoms with van der Waals surface area (Å²) in [6.45, 7) is 1.53. The molecule has 3 atom stereocenters. The molecule has 2 saturated heterocycles. The predicted molar refractivity (Wildman–Crippen MR) is 65.9 cm³/mol. The maximum absolute atomic E-state index is 12.1. The molecule has 7 nitrogen and oxygen atoms in total. The van der Waals surface area contributed by atoms with Crippen molar-refractivity contribution < 1.29 is 24.2 Å². The van der Waals surface area contributed by atoms with E-state index in [9.17, 15) is 9.59 Å². The molecule has 0 aromatic rings. The number of urea groups is 1. The summed E-state index contributed by atoms with van der Waals surface area (Å²) >= 11 is 0. The molecular formula is C12H20N2O5. The Kier molecular flexibility index (Phi) is 4.60. The smallest absolute Gasteiger partial charge is 0.326 e. The molecule has 2 amide bonds. The van der Waals surface area contributed by atoms with Crippen molar-refractivity contribution >= 4 is 12.0 Å². The molecule has 108 valence electrons. The summed E-state index contributed by atoms with van der Waals surface area (Å²) in [5, 5.41) is 12.0. The van der Waals surface area contributed by atoms with Crippen LogP contribution in [0.1, 0.15) is 19.3 Å². The van der Waals surface area contributed by atoms with E-state index in [2.05, 4.69) is 5.32 Å². The van der Waals surface area contributed by atoms with Gasteiger partial charge in [0.1, 0.15) is 6.04 Å². The lowest BCUT2D eigenvalue weighted by Crippen LogP contribution is -2.51. The molecule has 2 heterocycles. The van der Waals surface area contributed by atoms with Gasteiger partial charge < -0.3 is 24.8 Å². The molecule has 0 aromatic heterocycles. The Morgan fingerprint density at radius 3 is 2.84 bits per heavy atom. The molecule has 7 heteroatoms. The van der Waals surface area contributed by atoms with Gasteiger partial charge in [0.15, 0.2) is 0 Å². The number of carboxylic acid groups (broad SMARTS) is 1. The highest BCUT2D eigenvalue weighted by molar-refractivity contribution is 5.83. The minimum absolute atomic E-state index is 0.0303. The quantitative estimate of drug-likeness (QED) is 0.758. The standard InChI is InChI=1S/C12H20N2O5/c1-18-9-5-10(11(15)16)14(6-9)12(17)13-8-3-2-4-19-7-8/h8-10H,2-7H2,1H3,(H,13,17)(H,15,16). The third-order valence-electron chi connectivity index (χ3n) is 3.63. The monoisotopic (exact) mass is 272 g/mol. The van der Waals surface area contributed by atoms with Gasteiger partial charge in [0, 0.05) is 26.7 Å². The normalized spacial score (nSPS) is 31.2. The number of likely N-dealkylation sites (tertiary alicyclic amines) is 1. The molecule has 2 aliphatic heterocycles. The summed E-state index contributed by atoms with van der Waals surface area (Å²) in [7, 11) is 1.53. The molecular weight excluding hydrogens is 252 g/mol. The average Bonchev–Trinajstić information content (AvgIpc) is 2.84. The van der Waals surface area contributed by atoms with Crippen LogP contribution in [-0.4, -0.2) is 67.1 Å². The second kappa shape index (κ2) is 6.21. The summed E-state index contributed by atoms with van der Waals surface area (Å²) in [6.07, 6.45) is 1.90. The number of methoxy groups -OCH3 is 1. The van der Waals surface area contributed by atoms with E-state index in [1.54, 1.807) is 0 Å². The summed E-state index contributed by atoms with van der Waals surface area (Å²) in [6, 6.07) is -1.19. The second-order valence-electron chi connectivity index (χ2n) is 4.96. The van der Waals surface area contributed by atoms with Crippen molar-refractivity contribution in [2.75, 3.05) is 26.9 Å². The number of nitrogens with zero attached hydrogens (tertiary/aromatic N) is 1. The first kappa shape index (κ1) is 14.1. The van der Waals surface area contributed by atoms with Crippen LogP contribution in [0, 0.1) is 0 Å².